The van der Waals surface area contributed by atoms with Crippen LogP contribution < -0.4 is 10.2 Å². The summed E-state index contributed by atoms with van der Waals surface area (Å²) in [5, 5.41) is 7.07. The highest BCUT2D eigenvalue weighted by Gasteiger charge is 2.37. The maximum absolute atomic E-state index is 12.9. The Balaban J connectivity index is 1.55. The number of hydrogen-bond acceptors (Lipinski definition) is 5. The van der Waals surface area contributed by atoms with Crippen molar-refractivity contribution in [2.75, 3.05) is 23.4 Å². The Kier molecular flexibility index (Phi) is 5.38. The first-order valence-corrected chi connectivity index (χ1v) is 9.95. The number of morpholine rings is 1. The molecule has 2 aromatic heterocycles. The molecule has 2 aliphatic heterocycles. The molecule has 1 fully saturated rings. The van der Waals surface area contributed by atoms with Crippen molar-refractivity contribution in [2.45, 2.75) is 51.9 Å². The third-order valence-electron chi connectivity index (χ3n) is 5.45. The molecule has 9 nitrogen and oxygen atoms in total. The molecule has 4 rings (SSSR count). The Morgan fingerprint density at radius 1 is 1.39 bits per heavy atom. The summed E-state index contributed by atoms with van der Waals surface area (Å²) in [5.74, 6) is -0.166. The highest BCUT2D eigenvalue weighted by Crippen LogP contribution is 2.31. The van der Waals surface area contributed by atoms with Gasteiger partial charge in [-0.15, -0.1) is 0 Å². The number of anilines is 2. The van der Waals surface area contributed by atoms with Gasteiger partial charge in [0.05, 0.1) is 48.9 Å². The van der Waals surface area contributed by atoms with Crippen molar-refractivity contribution in [1.29, 1.82) is 0 Å². The summed E-state index contributed by atoms with van der Waals surface area (Å²) < 4.78 is 33.2. The third kappa shape index (κ3) is 4.22. The van der Waals surface area contributed by atoms with Crippen LogP contribution in [0.5, 0.6) is 0 Å². The average molecular weight is 434 g/mol. The summed E-state index contributed by atoms with van der Waals surface area (Å²) in [7, 11) is 0. The zero-order chi connectivity index (χ0) is 22.3. The second kappa shape index (κ2) is 7.88. The molecule has 0 aromatic carbocycles. The highest BCUT2D eigenvalue weighted by atomic mass is 19.3. The van der Waals surface area contributed by atoms with E-state index in [0.29, 0.717) is 18.8 Å². The van der Waals surface area contributed by atoms with Crippen LogP contribution in [0.25, 0.3) is 0 Å². The summed E-state index contributed by atoms with van der Waals surface area (Å²) in [5.41, 5.74) is 0.730. The molecule has 0 radical (unpaired) electrons. The summed E-state index contributed by atoms with van der Waals surface area (Å²) in [4.78, 5) is 32.2. The lowest BCUT2D eigenvalue weighted by Crippen LogP contribution is -2.52. The van der Waals surface area contributed by atoms with Crippen molar-refractivity contribution in [3.05, 3.63) is 35.9 Å². The van der Waals surface area contributed by atoms with Crippen LogP contribution in [0.2, 0.25) is 0 Å². The van der Waals surface area contributed by atoms with E-state index in [-0.39, 0.29) is 30.8 Å². The molecule has 0 bridgehead atoms. The van der Waals surface area contributed by atoms with E-state index < -0.39 is 23.8 Å². The fourth-order valence-corrected chi connectivity index (χ4v) is 3.79. The molecule has 2 aromatic rings. The van der Waals surface area contributed by atoms with Crippen molar-refractivity contribution < 1.29 is 23.1 Å². The van der Waals surface area contributed by atoms with Gasteiger partial charge in [0, 0.05) is 11.9 Å². The van der Waals surface area contributed by atoms with E-state index in [9.17, 15) is 18.4 Å². The van der Waals surface area contributed by atoms with Gasteiger partial charge in [0.2, 0.25) is 0 Å². The summed E-state index contributed by atoms with van der Waals surface area (Å²) in [6, 6.07) is 2.00. The van der Waals surface area contributed by atoms with Crippen LogP contribution in [0.3, 0.4) is 0 Å². The van der Waals surface area contributed by atoms with Gasteiger partial charge in [0.25, 0.3) is 12.3 Å². The van der Waals surface area contributed by atoms with Crippen molar-refractivity contribution in [3.63, 3.8) is 0 Å². The van der Waals surface area contributed by atoms with Crippen molar-refractivity contribution in [1.82, 2.24) is 19.7 Å². The van der Waals surface area contributed by atoms with Crippen molar-refractivity contribution >= 4 is 23.3 Å². The van der Waals surface area contributed by atoms with Gasteiger partial charge in [-0.05, 0) is 32.9 Å². The number of carbonyl (C=O) groups is 2. The van der Waals surface area contributed by atoms with E-state index in [1.165, 1.54) is 12.3 Å². The standard InChI is InChI=1S/C20H24F2N6O3/c1-12-8-28-16(15(7-24-28)27-11-20(2,3)31-10-17(27)29)9-26(12)19(30)25-13-4-5-23-14(6-13)18(21)22/h4-7,12,18H,8-11H2,1-3H3,(H,23,25,30). The zero-order valence-electron chi connectivity index (χ0n) is 17.5. The van der Waals surface area contributed by atoms with Crippen molar-refractivity contribution in [3.8, 4) is 0 Å². The SMILES string of the molecule is CC1Cn2ncc(N3CC(C)(C)OCC3=O)c2CN1C(=O)Nc1ccnc(C(F)F)c1. The lowest BCUT2D eigenvalue weighted by atomic mass is 10.1. The fourth-order valence-electron chi connectivity index (χ4n) is 3.79. The molecule has 3 amide bonds. The van der Waals surface area contributed by atoms with Gasteiger partial charge in [-0.2, -0.15) is 5.10 Å². The number of hydrogen-bond donors (Lipinski definition) is 1. The number of alkyl halides is 2. The number of nitrogens with zero attached hydrogens (tertiary/aromatic N) is 5. The smallest absolute Gasteiger partial charge is 0.322 e. The minimum absolute atomic E-state index is 0.0211. The number of amides is 3. The largest absolute Gasteiger partial charge is 0.364 e. The second-order valence-electron chi connectivity index (χ2n) is 8.36. The number of urea groups is 1. The van der Waals surface area contributed by atoms with Crippen LogP contribution in [-0.2, 0) is 22.6 Å². The maximum atomic E-state index is 12.9. The number of ether oxygens (including phenoxy) is 1. The van der Waals surface area contributed by atoms with E-state index in [4.69, 9.17) is 4.74 Å². The molecule has 31 heavy (non-hydrogen) atoms. The van der Waals surface area contributed by atoms with E-state index >= 15 is 0 Å². The van der Waals surface area contributed by atoms with Crippen LogP contribution in [0, 0.1) is 0 Å². The zero-order valence-corrected chi connectivity index (χ0v) is 17.5. The summed E-state index contributed by atoms with van der Waals surface area (Å²) in [6.45, 7) is 6.72. The average Bonchev–Trinajstić information content (AvgIpc) is 3.11. The Hall–Kier alpha value is -3.08. The molecule has 1 atom stereocenters. The topological polar surface area (TPSA) is 92.6 Å². The Morgan fingerprint density at radius 3 is 2.90 bits per heavy atom. The van der Waals surface area contributed by atoms with Gasteiger partial charge in [0.15, 0.2) is 0 Å². The van der Waals surface area contributed by atoms with E-state index in [0.717, 1.165) is 11.8 Å². The lowest BCUT2D eigenvalue weighted by molar-refractivity contribution is -0.135. The first-order valence-electron chi connectivity index (χ1n) is 9.95. The highest BCUT2D eigenvalue weighted by molar-refractivity contribution is 5.96. The normalized spacial score (nSPS) is 20.7. The summed E-state index contributed by atoms with van der Waals surface area (Å²) in [6.07, 6.45) is 0.147. The van der Waals surface area contributed by atoms with Gasteiger partial charge in [-0.25, -0.2) is 13.6 Å². The Morgan fingerprint density at radius 2 is 2.16 bits per heavy atom. The summed E-state index contributed by atoms with van der Waals surface area (Å²) >= 11 is 0. The van der Waals surface area contributed by atoms with Crippen LogP contribution >= 0.6 is 0 Å². The van der Waals surface area contributed by atoms with Gasteiger partial charge in [0.1, 0.15) is 12.3 Å². The molecule has 1 unspecified atom stereocenters. The predicted octanol–water partition coefficient (Wildman–Crippen LogP) is 2.79. The quantitative estimate of drug-likeness (QED) is 0.802. The maximum Gasteiger partial charge on any atom is 0.322 e. The first-order chi connectivity index (χ1) is 14.6. The van der Waals surface area contributed by atoms with E-state index in [1.54, 1.807) is 20.7 Å². The van der Waals surface area contributed by atoms with Crippen LogP contribution in [0.15, 0.2) is 24.5 Å². The fraction of sp³-hybridized carbons (Fsp3) is 0.500. The molecule has 2 aliphatic rings. The molecule has 166 valence electrons. The minimum atomic E-state index is -2.72. The molecular formula is C20H24F2N6O3. The van der Waals surface area contributed by atoms with Gasteiger partial charge < -0.3 is 19.9 Å². The van der Waals surface area contributed by atoms with E-state index in [2.05, 4.69) is 15.4 Å². The predicted molar refractivity (Wildman–Crippen MR) is 108 cm³/mol. The number of halogens is 2. The van der Waals surface area contributed by atoms with Crippen LogP contribution in [0.4, 0.5) is 25.0 Å². The molecule has 4 heterocycles. The number of nitrogens with one attached hydrogen (secondary N) is 1. The molecule has 0 saturated carbocycles. The number of pyridine rings is 1. The molecule has 0 aliphatic carbocycles. The monoisotopic (exact) mass is 434 g/mol. The van der Waals surface area contributed by atoms with E-state index in [1.807, 2.05) is 20.8 Å². The molecular weight excluding hydrogens is 410 g/mol. The molecule has 11 heteroatoms. The lowest BCUT2D eigenvalue weighted by Gasteiger charge is -2.39. The Labute approximate surface area is 178 Å². The third-order valence-corrected chi connectivity index (χ3v) is 5.45. The number of fused-ring (bicyclic) bond motifs is 1. The van der Waals surface area contributed by atoms with Gasteiger partial charge >= 0.3 is 6.03 Å². The molecule has 1 N–H and O–H groups in total. The molecule has 0 spiro atoms. The Bertz CT molecular complexity index is 1010. The van der Waals surface area contributed by atoms with Crippen molar-refractivity contribution in [2.24, 2.45) is 0 Å². The minimum Gasteiger partial charge on any atom is -0.364 e. The first kappa shape index (κ1) is 21.2. The van der Waals surface area contributed by atoms with Crippen LogP contribution in [-0.4, -0.2) is 56.4 Å². The second-order valence-corrected chi connectivity index (χ2v) is 8.36. The van der Waals surface area contributed by atoms with Crippen LogP contribution in [0.1, 0.15) is 38.6 Å². The number of carbonyl (C=O) groups excluding carboxylic acids is 2. The number of aromatic nitrogens is 3. The van der Waals surface area contributed by atoms with Gasteiger partial charge in [-0.3, -0.25) is 14.5 Å². The molecule has 1 saturated heterocycles. The van der Waals surface area contributed by atoms with Gasteiger partial charge in [-0.1, -0.05) is 0 Å². The number of rotatable bonds is 3.